The quantitative estimate of drug-likeness (QED) is 0.691. The second-order valence-corrected chi connectivity index (χ2v) is 7.80. The van der Waals surface area contributed by atoms with Crippen molar-refractivity contribution in [1.29, 1.82) is 0 Å². The van der Waals surface area contributed by atoms with Crippen molar-refractivity contribution in [3.8, 4) is 5.75 Å². The van der Waals surface area contributed by atoms with Gasteiger partial charge < -0.3 is 20.3 Å². The minimum absolute atomic E-state index is 0.0512. The van der Waals surface area contributed by atoms with Crippen molar-refractivity contribution in [2.75, 3.05) is 20.1 Å². The van der Waals surface area contributed by atoms with Gasteiger partial charge in [0.15, 0.2) is 0 Å². The SMILES string of the molecule is CNC(=O)NCC1=C(N2CCCC2=O)c2cc(C(F)(F)C(F)(F)F)ccc2OC1(C)C. The predicted octanol–water partition coefficient (Wildman–Crippen LogP) is 3.77. The maximum Gasteiger partial charge on any atom is 0.458 e. The number of likely N-dealkylation sites (tertiary alicyclic amines) is 1. The number of benzene rings is 1. The molecule has 2 aliphatic heterocycles. The standard InChI is InChI=1S/C20H22F5N3O3/c1-18(2)13(10-27-17(30)26-3)16(28-8-4-5-15(28)29)12-9-11(6-7-14(12)31-18)19(21,22)20(23,24)25/h6-7,9H,4-5,8,10H2,1-3H3,(H2,26,27,30). The summed E-state index contributed by atoms with van der Waals surface area (Å²) in [5.74, 6) is -5.30. The zero-order valence-electron chi connectivity index (χ0n) is 17.1. The van der Waals surface area contributed by atoms with Crippen LogP contribution in [0.15, 0.2) is 23.8 Å². The lowest BCUT2D eigenvalue weighted by Gasteiger charge is -2.40. The van der Waals surface area contributed by atoms with Crippen molar-refractivity contribution < 1.29 is 36.3 Å². The number of rotatable bonds is 4. The van der Waals surface area contributed by atoms with E-state index in [9.17, 15) is 31.5 Å². The monoisotopic (exact) mass is 447 g/mol. The molecule has 0 aromatic heterocycles. The number of amides is 3. The molecule has 3 rings (SSSR count). The highest BCUT2D eigenvalue weighted by Crippen LogP contribution is 2.48. The van der Waals surface area contributed by atoms with E-state index in [1.807, 2.05) is 0 Å². The van der Waals surface area contributed by atoms with E-state index in [1.165, 1.54) is 11.9 Å². The van der Waals surface area contributed by atoms with Crippen molar-refractivity contribution >= 4 is 17.6 Å². The van der Waals surface area contributed by atoms with Gasteiger partial charge in [-0.25, -0.2) is 4.79 Å². The summed E-state index contributed by atoms with van der Waals surface area (Å²) in [6.45, 7) is 3.49. The van der Waals surface area contributed by atoms with Gasteiger partial charge in [-0.2, -0.15) is 22.0 Å². The Morgan fingerprint density at radius 2 is 1.90 bits per heavy atom. The Morgan fingerprint density at radius 3 is 2.45 bits per heavy atom. The van der Waals surface area contributed by atoms with E-state index in [2.05, 4.69) is 10.6 Å². The number of ether oxygens (including phenoxy) is 1. The summed E-state index contributed by atoms with van der Waals surface area (Å²) in [6, 6.07) is 1.90. The van der Waals surface area contributed by atoms with Crippen LogP contribution in [0.1, 0.15) is 37.8 Å². The number of urea groups is 1. The van der Waals surface area contributed by atoms with Gasteiger partial charge in [0.1, 0.15) is 11.4 Å². The van der Waals surface area contributed by atoms with Crippen LogP contribution >= 0.6 is 0 Å². The average molecular weight is 447 g/mol. The molecule has 1 aromatic carbocycles. The van der Waals surface area contributed by atoms with Crippen LogP contribution in [0.2, 0.25) is 0 Å². The van der Waals surface area contributed by atoms with E-state index in [0.29, 0.717) is 24.1 Å². The lowest BCUT2D eigenvalue weighted by molar-refractivity contribution is -0.289. The third-order valence-corrected chi connectivity index (χ3v) is 5.33. The zero-order valence-corrected chi connectivity index (χ0v) is 17.1. The number of alkyl halides is 5. The molecule has 1 saturated heterocycles. The predicted molar refractivity (Wildman–Crippen MR) is 101 cm³/mol. The molecule has 0 bridgehead atoms. The Labute approximate surface area is 175 Å². The fraction of sp³-hybridized carbons (Fsp3) is 0.500. The van der Waals surface area contributed by atoms with Gasteiger partial charge in [0, 0.05) is 43.3 Å². The van der Waals surface area contributed by atoms with Crippen LogP contribution in [0.25, 0.3) is 5.70 Å². The first-order valence-corrected chi connectivity index (χ1v) is 9.57. The normalized spacial score (nSPS) is 18.6. The summed E-state index contributed by atoms with van der Waals surface area (Å²) in [7, 11) is 1.40. The molecule has 1 aromatic rings. The van der Waals surface area contributed by atoms with E-state index in [1.54, 1.807) is 13.8 Å². The van der Waals surface area contributed by atoms with E-state index < -0.39 is 29.3 Å². The Bertz CT molecular complexity index is 940. The van der Waals surface area contributed by atoms with Gasteiger partial charge in [0.2, 0.25) is 5.91 Å². The van der Waals surface area contributed by atoms with Crippen molar-refractivity contribution in [1.82, 2.24) is 15.5 Å². The molecule has 3 amide bonds. The summed E-state index contributed by atoms with van der Waals surface area (Å²) in [5.41, 5.74) is -1.81. The van der Waals surface area contributed by atoms with Gasteiger partial charge in [0.25, 0.3) is 0 Å². The smallest absolute Gasteiger partial charge is 0.458 e. The van der Waals surface area contributed by atoms with Crippen LogP contribution in [0.4, 0.5) is 26.7 Å². The van der Waals surface area contributed by atoms with Crippen LogP contribution in [-0.4, -0.2) is 48.8 Å². The molecule has 2 aliphatic rings. The lowest BCUT2D eigenvalue weighted by atomic mass is 9.87. The van der Waals surface area contributed by atoms with Crippen LogP contribution < -0.4 is 15.4 Å². The Balaban J connectivity index is 2.21. The molecule has 0 saturated carbocycles. The Morgan fingerprint density at radius 1 is 1.23 bits per heavy atom. The molecule has 1 fully saturated rings. The van der Waals surface area contributed by atoms with E-state index in [0.717, 1.165) is 6.07 Å². The highest BCUT2D eigenvalue weighted by atomic mass is 19.4. The highest BCUT2D eigenvalue weighted by Gasteiger charge is 2.59. The number of hydrogen-bond acceptors (Lipinski definition) is 3. The van der Waals surface area contributed by atoms with Crippen molar-refractivity contribution in [3.63, 3.8) is 0 Å². The molecule has 0 spiro atoms. The molecule has 0 unspecified atom stereocenters. The van der Waals surface area contributed by atoms with Crippen molar-refractivity contribution in [3.05, 3.63) is 34.9 Å². The second-order valence-electron chi connectivity index (χ2n) is 7.80. The summed E-state index contributed by atoms with van der Waals surface area (Å²) in [6.07, 6.45) is -5.06. The van der Waals surface area contributed by atoms with Crippen LogP contribution in [0.3, 0.4) is 0 Å². The molecule has 170 valence electrons. The summed E-state index contributed by atoms with van der Waals surface area (Å²) in [4.78, 5) is 25.6. The number of fused-ring (bicyclic) bond motifs is 1. The first-order valence-electron chi connectivity index (χ1n) is 9.57. The first kappa shape index (κ1) is 22.8. The van der Waals surface area contributed by atoms with E-state index >= 15 is 0 Å². The van der Waals surface area contributed by atoms with Crippen molar-refractivity contribution in [2.24, 2.45) is 0 Å². The fourth-order valence-electron chi connectivity index (χ4n) is 3.69. The minimum Gasteiger partial charge on any atom is -0.483 e. The van der Waals surface area contributed by atoms with Gasteiger partial charge in [-0.3, -0.25) is 4.79 Å². The summed E-state index contributed by atoms with van der Waals surface area (Å²) in [5, 5.41) is 4.94. The molecule has 0 atom stereocenters. The third-order valence-electron chi connectivity index (χ3n) is 5.33. The average Bonchev–Trinajstić information content (AvgIpc) is 3.09. The number of carbonyl (C=O) groups excluding carboxylic acids is 2. The molecule has 2 N–H and O–H groups in total. The van der Waals surface area contributed by atoms with Crippen LogP contribution in [-0.2, 0) is 10.7 Å². The number of nitrogens with one attached hydrogen (secondary N) is 2. The second kappa shape index (κ2) is 7.69. The maximum absolute atomic E-state index is 14.0. The largest absolute Gasteiger partial charge is 0.483 e. The summed E-state index contributed by atoms with van der Waals surface area (Å²) < 4.78 is 72.8. The summed E-state index contributed by atoms with van der Waals surface area (Å²) >= 11 is 0. The number of hydrogen-bond donors (Lipinski definition) is 2. The number of nitrogens with zero attached hydrogens (tertiary/aromatic N) is 1. The Hall–Kier alpha value is -2.85. The molecular weight excluding hydrogens is 425 g/mol. The third kappa shape index (κ3) is 4.05. The zero-order chi connectivity index (χ0) is 23.2. The van der Waals surface area contributed by atoms with Crippen LogP contribution in [0, 0.1) is 0 Å². The molecule has 11 heteroatoms. The molecule has 0 aliphatic carbocycles. The molecule has 0 radical (unpaired) electrons. The maximum atomic E-state index is 14.0. The molecule has 31 heavy (non-hydrogen) atoms. The van der Waals surface area contributed by atoms with Gasteiger partial charge in [0.05, 0.1) is 5.70 Å². The van der Waals surface area contributed by atoms with E-state index in [4.69, 9.17) is 4.74 Å². The minimum atomic E-state index is -5.78. The molecule has 6 nitrogen and oxygen atoms in total. The number of halogens is 5. The number of carbonyl (C=O) groups is 2. The van der Waals surface area contributed by atoms with Gasteiger partial charge in [-0.05, 0) is 38.5 Å². The van der Waals surface area contributed by atoms with Crippen molar-refractivity contribution in [2.45, 2.75) is 44.4 Å². The highest BCUT2D eigenvalue weighted by molar-refractivity contribution is 5.92. The fourth-order valence-corrected chi connectivity index (χ4v) is 3.69. The van der Waals surface area contributed by atoms with E-state index in [-0.39, 0.29) is 42.4 Å². The first-order chi connectivity index (χ1) is 14.3. The molecule has 2 heterocycles. The Kier molecular flexibility index (Phi) is 5.66. The van der Waals surface area contributed by atoms with Gasteiger partial charge in [-0.1, -0.05) is 0 Å². The van der Waals surface area contributed by atoms with Gasteiger partial charge in [-0.15, -0.1) is 0 Å². The van der Waals surface area contributed by atoms with Gasteiger partial charge >= 0.3 is 18.1 Å². The topological polar surface area (TPSA) is 70.7 Å². The molecular formula is C20H22F5N3O3. The lowest BCUT2D eigenvalue weighted by Crippen LogP contribution is -2.45. The van der Waals surface area contributed by atoms with Crippen LogP contribution in [0.5, 0.6) is 5.75 Å².